The van der Waals surface area contributed by atoms with Gasteiger partial charge in [0.1, 0.15) is 22.8 Å². The van der Waals surface area contributed by atoms with Gasteiger partial charge in [0.05, 0.1) is 11.2 Å². The Kier molecular flexibility index (Phi) is 4.22. The lowest BCUT2D eigenvalue weighted by atomic mass is 9.56. The number of Topliss-reactive ketones (excluding diaryl/α,β-unsaturated/α-hetero) is 2. The molecular weight excluding hydrogens is 462 g/mol. The summed E-state index contributed by atoms with van der Waals surface area (Å²) in [5.41, 5.74) is -0.644. The van der Waals surface area contributed by atoms with E-state index in [1.54, 1.807) is 0 Å². The van der Waals surface area contributed by atoms with Crippen LogP contribution >= 0.6 is 15.9 Å². The Morgan fingerprint density at radius 1 is 1.20 bits per heavy atom. The molecule has 158 valence electrons. The molecule has 0 spiro atoms. The zero-order valence-corrected chi connectivity index (χ0v) is 17.2. The van der Waals surface area contributed by atoms with Crippen molar-refractivity contribution in [2.24, 2.45) is 17.6 Å². The number of phenols is 1. The van der Waals surface area contributed by atoms with E-state index in [0.717, 1.165) is 0 Å². The molecule has 1 aromatic carbocycles. The quantitative estimate of drug-likeness (QED) is 0.320. The average molecular weight is 480 g/mol. The summed E-state index contributed by atoms with van der Waals surface area (Å²) in [6, 6.07) is 2.72. The van der Waals surface area contributed by atoms with Gasteiger partial charge in [0, 0.05) is 33.9 Å². The first kappa shape index (κ1) is 20.6. The second-order valence-electron chi connectivity index (χ2n) is 8.02. The first-order valence-electron chi connectivity index (χ1n) is 9.06. The molecule has 7 N–H and O–H groups in total. The number of phenolic OH excluding ortho intramolecular Hbond substituents is 1. The van der Waals surface area contributed by atoms with E-state index in [2.05, 4.69) is 15.9 Å². The lowest BCUT2D eigenvalue weighted by molar-refractivity contribution is -0.152. The number of rotatable bonds is 1. The molecule has 3 aliphatic rings. The van der Waals surface area contributed by atoms with Crippen LogP contribution in [-0.2, 0) is 20.0 Å². The Morgan fingerprint density at radius 2 is 1.83 bits per heavy atom. The molecule has 0 aliphatic heterocycles. The van der Waals surface area contributed by atoms with Crippen molar-refractivity contribution in [3.8, 4) is 5.75 Å². The molecule has 4 rings (SSSR count). The first-order chi connectivity index (χ1) is 13.8. The average Bonchev–Trinajstić information content (AvgIpc) is 2.64. The fraction of sp³-hybridized carbons (Fsp3) is 0.350. The Bertz CT molecular complexity index is 1120. The highest BCUT2D eigenvalue weighted by atomic mass is 79.9. The van der Waals surface area contributed by atoms with Crippen molar-refractivity contribution in [1.29, 1.82) is 0 Å². The number of aliphatic hydroxyl groups excluding tert-OH is 2. The summed E-state index contributed by atoms with van der Waals surface area (Å²) >= 11 is 3.28. The Balaban J connectivity index is 2.03. The van der Waals surface area contributed by atoms with Crippen LogP contribution in [0.2, 0.25) is 0 Å². The van der Waals surface area contributed by atoms with E-state index in [4.69, 9.17) is 5.73 Å². The summed E-state index contributed by atoms with van der Waals surface area (Å²) in [5, 5.41) is 54.2. The number of aliphatic hydroxyl groups is 4. The molecule has 0 bridgehead atoms. The van der Waals surface area contributed by atoms with Gasteiger partial charge in [0.2, 0.25) is 5.78 Å². The minimum absolute atomic E-state index is 0.145. The highest BCUT2D eigenvalue weighted by Gasteiger charge is 2.63. The van der Waals surface area contributed by atoms with Crippen LogP contribution in [0, 0.1) is 11.8 Å². The fourth-order valence-corrected chi connectivity index (χ4v) is 5.68. The molecule has 1 amide bonds. The number of hydrogen-bond acceptors (Lipinski definition) is 8. The summed E-state index contributed by atoms with van der Waals surface area (Å²) < 4.78 is 0.373. The number of benzene rings is 1. The lowest BCUT2D eigenvalue weighted by Crippen LogP contribution is -2.60. The van der Waals surface area contributed by atoms with Gasteiger partial charge < -0.3 is 31.3 Å². The van der Waals surface area contributed by atoms with Crippen molar-refractivity contribution in [3.63, 3.8) is 0 Å². The highest BCUT2D eigenvalue weighted by molar-refractivity contribution is 9.10. The summed E-state index contributed by atoms with van der Waals surface area (Å²) in [6.07, 6.45) is -0.628. The molecule has 10 heteroatoms. The van der Waals surface area contributed by atoms with Crippen LogP contribution in [0.3, 0.4) is 0 Å². The van der Waals surface area contributed by atoms with E-state index in [9.17, 15) is 39.9 Å². The third-order valence-corrected chi connectivity index (χ3v) is 7.08. The Labute approximate surface area is 178 Å². The standard InChI is InChI=1S/C20H18BrNO8/c1-19(29)7-4-6-5-10(24)13(18(22)28)17(27)20(6,30)16(26)11(7)15(25)12-9(23)3-2-8(21)14(12)19/h2-3,6-7,23,25,27,29-30H,4-5H2,1H3,(H2,22,28)/t6-,7-,19-,20-/m0/s1. The van der Waals surface area contributed by atoms with E-state index in [-0.39, 0.29) is 17.5 Å². The number of ketones is 2. The SMILES string of the molecule is C[C@@]1(O)c2c(Br)ccc(O)c2C(O)=C2C(=O)[C@]3(O)C(O)=C(C(N)=O)C(=O)C[C@@H]3C[C@@H]21. The van der Waals surface area contributed by atoms with Gasteiger partial charge in [-0.2, -0.15) is 0 Å². The first-order valence-corrected chi connectivity index (χ1v) is 9.86. The second-order valence-corrected chi connectivity index (χ2v) is 8.88. The summed E-state index contributed by atoms with van der Waals surface area (Å²) in [7, 11) is 0. The number of primary amides is 1. The predicted molar refractivity (Wildman–Crippen MR) is 105 cm³/mol. The molecule has 9 nitrogen and oxygen atoms in total. The van der Waals surface area contributed by atoms with Crippen molar-refractivity contribution in [1.82, 2.24) is 0 Å². The lowest BCUT2D eigenvalue weighted by Gasteiger charge is -2.50. The summed E-state index contributed by atoms with van der Waals surface area (Å²) in [4.78, 5) is 37.3. The van der Waals surface area contributed by atoms with Gasteiger partial charge in [0.15, 0.2) is 11.4 Å². The minimum atomic E-state index is -2.67. The van der Waals surface area contributed by atoms with Gasteiger partial charge in [-0.15, -0.1) is 0 Å². The molecule has 3 aliphatic carbocycles. The maximum atomic E-state index is 13.4. The topological polar surface area (TPSA) is 178 Å². The summed E-state index contributed by atoms with van der Waals surface area (Å²) in [6.45, 7) is 1.39. The monoisotopic (exact) mass is 479 g/mol. The molecule has 0 radical (unpaired) electrons. The van der Waals surface area contributed by atoms with E-state index in [1.165, 1.54) is 19.1 Å². The van der Waals surface area contributed by atoms with Crippen molar-refractivity contribution in [2.45, 2.75) is 31.0 Å². The van der Waals surface area contributed by atoms with E-state index >= 15 is 0 Å². The van der Waals surface area contributed by atoms with Crippen LogP contribution in [0.4, 0.5) is 0 Å². The van der Waals surface area contributed by atoms with Crippen LogP contribution in [0.25, 0.3) is 5.76 Å². The van der Waals surface area contributed by atoms with Gasteiger partial charge >= 0.3 is 0 Å². The molecule has 0 heterocycles. The highest BCUT2D eigenvalue weighted by Crippen LogP contribution is 2.57. The number of fused-ring (bicyclic) bond motifs is 3. The molecule has 0 unspecified atom stereocenters. The van der Waals surface area contributed by atoms with Gasteiger partial charge in [-0.25, -0.2) is 0 Å². The largest absolute Gasteiger partial charge is 0.508 e. The Morgan fingerprint density at radius 3 is 2.43 bits per heavy atom. The number of hydrogen-bond donors (Lipinski definition) is 6. The zero-order valence-electron chi connectivity index (χ0n) is 15.6. The molecule has 0 aromatic heterocycles. The van der Waals surface area contributed by atoms with Crippen molar-refractivity contribution in [3.05, 3.63) is 44.6 Å². The van der Waals surface area contributed by atoms with Crippen LogP contribution in [0.5, 0.6) is 5.75 Å². The normalized spacial score (nSPS) is 33.2. The number of carbonyl (C=O) groups is 3. The van der Waals surface area contributed by atoms with Crippen molar-refractivity contribution < 1.29 is 39.9 Å². The molecule has 1 fully saturated rings. The number of carbonyl (C=O) groups excluding carboxylic acids is 3. The number of nitrogens with two attached hydrogens (primary N) is 1. The van der Waals surface area contributed by atoms with Crippen LogP contribution < -0.4 is 5.73 Å². The van der Waals surface area contributed by atoms with E-state index in [0.29, 0.717) is 4.47 Å². The van der Waals surface area contributed by atoms with Crippen molar-refractivity contribution >= 4 is 39.2 Å². The van der Waals surface area contributed by atoms with Crippen molar-refractivity contribution in [2.75, 3.05) is 0 Å². The third kappa shape index (κ3) is 2.32. The number of amides is 1. The zero-order chi connectivity index (χ0) is 22.3. The molecule has 1 saturated carbocycles. The second kappa shape index (κ2) is 6.16. The van der Waals surface area contributed by atoms with E-state index in [1.807, 2.05) is 0 Å². The molecular formula is C20H18BrNO8. The van der Waals surface area contributed by atoms with Gasteiger partial charge in [-0.1, -0.05) is 15.9 Å². The van der Waals surface area contributed by atoms with Crippen LogP contribution in [-0.4, -0.2) is 48.6 Å². The predicted octanol–water partition coefficient (Wildman–Crippen LogP) is 0.851. The Hall–Kier alpha value is -2.69. The van der Waals surface area contributed by atoms with Gasteiger partial charge in [0.25, 0.3) is 5.91 Å². The fourth-order valence-electron chi connectivity index (χ4n) is 4.95. The van der Waals surface area contributed by atoms with E-state index < -0.39 is 75.3 Å². The summed E-state index contributed by atoms with van der Waals surface area (Å²) in [5.74, 6) is -7.74. The van der Waals surface area contributed by atoms with Crippen LogP contribution in [0.1, 0.15) is 30.9 Å². The van der Waals surface area contributed by atoms with Gasteiger partial charge in [-0.3, -0.25) is 14.4 Å². The van der Waals surface area contributed by atoms with Crippen LogP contribution in [0.15, 0.2) is 33.5 Å². The molecule has 30 heavy (non-hydrogen) atoms. The smallest absolute Gasteiger partial charge is 0.255 e. The molecule has 0 saturated heterocycles. The maximum absolute atomic E-state index is 13.4. The number of aromatic hydroxyl groups is 1. The molecule has 1 aromatic rings. The maximum Gasteiger partial charge on any atom is 0.255 e. The van der Waals surface area contributed by atoms with Gasteiger partial charge in [-0.05, 0) is 25.5 Å². The third-order valence-electron chi connectivity index (χ3n) is 6.41. The number of halogens is 1. The molecule has 4 atom stereocenters. The minimum Gasteiger partial charge on any atom is -0.508 e.